The zero-order chi connectivity index (χ0) is 18.0. The van der Waals surface area contributed by atoms with Crippen molar-refractivity contribution in [3.63, 3.8) is 0 Å². The molecule has 0 atom stereocenters. The number of halogens is 1. The highest BCUT2D eigenvalue weighted by molar-refractivity contribution is 14.1. The summed E-state index contributed by atoms with van der Waals surface area (Å²) >= 11 is 8.80. The highest BCUT2D eigenvalue weighted by atomic mass is 127. The van der Waals surface area contributed by atoms with Gasteiger partial charge in [0.05, 0.1) is 15.6 Å². The molecule has 1 aliphatic carbocycles. The van der Waals surface area contributed by atoms with Gasteiger partial charge in [-0.25, -0.2) is 0 Å². The van der Waals surface area contributed by atoms with Crippen LogP contribution in [0.25, 0.3) is 6.08 Å². The van der Waals surface area contributed by atoms with Gasteiger partial charge in [0.2, 0.25) is 0 Å². The molecule has 0 aromatic heterocycles. The summed E-state index contributed by atoms with van der Waals surface area (Å²) in [5.74, 6) is 1.23. The highest BCUT2D eigenvalue weighted by Gasteiger charge is 2.32. The molecule has 4 nitrogen and oxygen atoms in total. The van der Waals surface area contributed by atoms with Gasteiger partial charge in [-0.05, 0) is 58.7 Å². The minimum Gasteiger partial charge on any atom is -0.504 e. The van der Waals surface area contributed by atoms with Crippen LogP contribution < -0.4 is 4.74 Å². The molecular weight excluding hydrogens is 469 g/mol. The summed E-state index contributed by atoms with van der Waals surface area (Å²) < 4.78 is 6.50. The quantitative estimate of drug-likeness (QED) is 0.366. The summed E-state index contributed by atoms with van der Waals surface area (Å²) in [6, 6.07) is 3.55. The van der Waals surface area contributed by atoms with E-state index in [0.29, 0.717) is 25.1 Å². The van der Waals surface area contributed by atoms with Crippen LogP contribution in [0.2, 0.25) is 0 Å². The molecule has 1 aromatic carbocycles. The highest BCUT2D eigenvalue weighted by Crippen LogP contribution is 2.37. The average molecular weight is 489 g/mol. The Morgan fingerprint density at radius 3 is 2.84 bits per heavy atom. The van der Waals surface area contributed by atoms with Crippen molar-refractivity contribution in [1.29, 1.82) is 0 Å². The van der Waals surface area contributed by atoms with Crippen molar-refractivity contribution in [2.45, 2.75) is 32.1 Å². The van der Waals surface area contributed by atoms with E-state index in [2.05, 4.69) is 0 Å². The fourth-order valence-corrected chi connectivity index (χ4v) is 5.22. The Morgan fingerprint density at radius 2 is 2.16 bits per heavy atom. The van der Waals surface area contributed by atoms with Gasteiger partial charge in [0.1, 0.15) is 4.32 Å². The zero-order valence-corrected chi connectivity index (χ0v) is 17.7. The molecule has 1 N–H and O–H groups in total. The average Bonchev–Trinajstić information content (AvgIpc) is 3.18. The molecule has 3 rings (SSSR count). The molecule has 0 bridgehead atoms. The number of thioether (sulfide) groups is 1. The molecule has 0 spiro atoms. The van der Waals surface area contributed by atoms with E-state index in [0.717, 1.165) is 17.9 Å². The van der Waals surface area contributed by atoms with Crippen molar-refractivity contribution >= 4 is 62.9 Å². The first-order valence-electron chi connectivity index (χ1n) is 8.31. The number of ether oxygens (including phenoxy) is 1. The molecule has 1 amide bonds. The summed E-state index contributed by atoms with van der Waals surface area (Å²) in [6.07, 6.45) is 8.02. The molecule has 2 fully saturated rings. The lowest BCUT2D eigenvalue weighted by Gasteiger charge is -2.17. The molecule has 1 saturated heterocycles. The number of nitrogens with zero attached hydrogens (tertiary/aromatic N) is 1. The standard InChI is InChI=1S/C18H20INO3S2/c1-23-14-9-12(8-13(19)16(14)21)10-15-17(22)20(18(24)25-15)7-6-11-4-2-3-5-11/h8-11,21H,2-7H2,1H3/b15-10-. The fraction of sp³-hybridized carbons (Fsp3) is 0.444. The number of rotatable bonds is 5. The summed E-state index contributed by atoms with van der Waals surface area (Å²) in [4.78, 5) is 15.1. The van der Waals surface area contributed by atoms with E-state index in [4.69, 9.17) is 17.0 Å². The molecule has 134 valence electrons. The molecule has 7 heteroatoms. The van der Waals surface area contributed by atoms with E-state index >= 15 is 0 Å². The fourth-order valence-electron chi connectivity index (χ4n) is 3.29. The molecule has 2 aliphatic rings. The number of hydrogen-bond donors (Lipinski definition) is 1. The van der Waals surface area contributed by atoms with E-state index in [1.165, 1.54) is 44.6 Å². The number of carbonyl (C=O) groups is 1. The number of methoxy groups -OCH3 is 1. The Balaban J connectivity index is 1.74. The number of amides is 1. The van der Waals surface area contributed by atoms with E-state index in [-0.39, 0.29) is 11.7 Å². The first-order valence-corrected chi connectivity index (χ1v) is 10.6. The summed E-state index contributed by atoms with van der Waals surface area (Å²) in [5.41, 5.74) is 0.815. The Morgan fingerprint density at radius 1 is 1.44 bits per heavy atom. The first-order chi connectivity index (χ1) is 12.0. The van der Waals surface area contributed by atoms with Gasteiger partial charge in [0.25, 0.3) is 5.91 Å². The van der Waals surface area contributed by atoms with Crippen molar-refractivity contribution in [3.05, 3.63) is 26.2 Å². The second kappa shape index (κ2) is 8.26. The molecule has 0 unspecified atom stereocenters. The van der Waals surface area contributed by atoms with Crippen LogP contribution in [-0.4, -0.2) is 33.9 Å². The second-order valence-electron chi connectivity index (χ2n) is 6.33. The second-order valence-corrected chi connectivity index (χ2v) is 9.16. The first kappa shape index (κ1) is 19.0. The molecule has 0 radical (unpaired) electrons. The minimum absolute atomic E-state index is 0.0185. The lowest BCUT2D eigenvalue weighted by molar-refractivity contribution is -0.122. The van der Waals surface area contributed by atoms with Gasteiger partial charge in [-0.3, -0.25) is 9.69 Å². The maximum atomic E-state index is 12.7. The maximum Gasteiger partial charge on any atom is 0.266 e. The monoisotopic (exact) mass is 489 g/mol. The number of thiocarbonyl (C=S) groups is 1. The Hall–Kier alpha value is -0.800. The van der Waals surface area contributed by atoms with Gasteiger partial charge in [-0.15, -0.1) is 0 Å². The van der Waals surface area contributed by atoms with Crippen LogP contribution in [0.1, 0.15) is 37.7 Å². The van der Waals surface area contributed by atoms with Crippen molar-refractivity contribution in [1.82, 2.24) is 4.90 Å². The number of phenols is 1. The zero-order valence-electron chi connectivity index (χ0n) is 14.0. The summed E-state index contributed by atoms with van der Waals surface area (Å²) in [7, 11) is 1.51. The maximum absolute atomic E-state index is 12.7. The van der Waals surface area contributed by atoms with Crippen LogP contribution in [0, 0.1) is 9.49 Å². The van der Waals surface area contributed by atoms with Gasteiger partial charge >= 0.3 is 0 Å². The molecule has 1 aliphatic heterocycles. The van der Waals surface area contributed by atoms with Crippen LogP contribution in [-0.2, 0) is 4.79 Å². The van der Waals surface area contributed by atoms with Crippen LogP contribution in [0.4, 0.5) is 0 Å². The largest absolute Gasteiger partial charge is 0.504 e. The van der Waals surface area contributed by atoms with Crippen LogP contribution in [0.3, 0.4) is 0 Å². The summed E-state index contributed by atoms with van der Waals surface area (Å²) in [5, 5.41) is 9.94. The van der Waals surface area contributed by atoms with E-state index < -0.39 is 0 Å². The van der Waals surface area contributed by atoms with E-state index in [1.807, 2.05) is 34.7 Å². The number of carbonyl (C=O) groups excluding carboxylic acids is 1. The van der Waals surface area contributed by atoms with Gasteiger partial charge in [-0.2, -0.15) is 0 Å². The number of benzene rings is 1. The van der Waals surface area contributed by atoms with Crippen molar-refractivity contribution in [3.8, 4) is 11.5 Å². The van der Waals surface area contributed by atoms with E-state index in [1.54, 1.807) is 11.0 Å². The van der Waals surface area contributed by atoms with Gasteiger partial charge in [0.15, 0.2) is 11.5 Å². The molecule has 25 heavy (non-hydrogen) atoms. The van der Waals surface area contributed by atoms with Gasteiger partial charge in [0, 0.05) is 6.54 Å². The van der Waals surface area contributed by atoms with Crippen LogP contribution in [0.15, 0.2) is 17.0 Å². The van der Waals surface area contributed by atoms with Crippen molar-refractivity contribution in [2.24, 2.45) is 5.92 Å². The molecule has 1 heterocycles. The Kier molecular flexibility index (Phi) is 6.27. The van der Waals surface area contributed by atoms with Crippen molar-refractivity contribution < 1.29 is 14.6 Å². The lowest BCUT2D eigenvalue weighted by atomic mass is 10.0. The van der Waals surface area contributed by atoms with Crippen LogP contribution >= 0.6 is 46.6 Å². The number of aromatic hydroxyl groups is 1. The van der Waals surface area contributed by atoms with Gasteiger partial charge < -0.3 is 9.84 Å². The molecular formula is C18H20INO3S2. The Bertz CT molecular complexity index is 729. The smallest absolute Gasteiger partial charge is 0.266 e. The lowest BCUT2D eigenvalue weighted by Crippen LogP contribution is -2.30. The third-order valence-electron chi connectivity index (χ3n) is 4.68. The SMILES string of the molecule is COc1cc(/C=C2\SC(=S)N(CCC3CCCC3)C2=O)cc(I)c1O. The third kappa shape index (κ3) is 4.31. The number of hydrogen-bond acceptors (Lipinski definition) is 5. The van der Waals surface area contributed by atoms with Crippen LogP contribution in [0.5, 0.6) is 11.5 Å². The minimum atomic E-state index is -0.0185. The van der Waals surface area contributed by atoms with Gasteiger partial charge in [-0.1, -0.05) is 49.7 Å². The summed E-state index contributed by atoms with van der Waals surface area (Å²) in [6.45, 7) is 0.711. The molecule has 1 aromatic rings. The Labute approximate surface area is 171 Å². The predicted octanol–water partition coefficient (Wildman–Crippen LogP) is 4.79. The molecule has 1 saturated carbocycles. The predicted molar refractivity (Wildman–Crippen MR) is 114 cm³/mol. The topological polar surface area (TPSA) is 49.8 Å². The normalized spacial score (nSPS) is 20.1. The van der Waals surface area contributed by atoms with Crippen molar-refractivity contribution in [2.75, 3.05) is 13.7 Å². The third-order valence-corrected chi connectivity index (χ3v) is 6.88. The number of phenolic OH excluding ortho intramolecular Hbond substituents is 1. The van der Waals surface area contributed by atoms with E-state index in [9.17, 15) is 9.90 Å².